The van der Waals surface area contributed by atoms with Crippen molar-refractivity contribution in [3.05, 3.63) is 50.6 Å². The first-order valence-corrected chi connectivity index (χ1v) is 7.87. The highest BCUT2D eigenvalue weighted by Crippen LogP contribution is 2.68. The highest BCUT2D eigenvalue weighted by atomic mass is 16.5. The molecule has 2 aliphatic heterocycles. The van der Waals surface area contributed by atoms with Crippen LogP contribution in [0, 0.1) is 27.7 Å². The number of hydrogen-bond acceptors (Lipinski definition) is 2. The lowest BCUT2D eigenvalue weighted by molar-refractivity contribution is -0.139. The number of benzene rings is 1. The van der Waals surface area contributed by atoms with E-state index in [4.69, 9.17) is 9.84 Å². The summed E-state index contributed by atoms with van der Waals surface area (Å²) in [5, 5.41) is 9.15. The van der Waals surface area contributed by atoms with Crippen LogP contribution >= 0.6 is 0 Å². The molecule has 3 nitrogen and oxygen atoms in total. The lowest BCUT2D eigenvalue weighted by atomic mass is 9.73. The summed E-state index contributed by atoms with van der Waals surface area (Å²) in [5.41, 5.74) is 9.31. The number of carboxylic acids is 1. The van der Waals surface area contributed by atoms with E-state index in [2.05, 4.69) is 40.7 Å². The Bertz CT molecular complexity index is 813. The van der Waals surface area contributed by atoms with Gasteiger partial charge in [0.2, 0.25) is 11.1 Å². The second-order valence-electron chi connectivity index (χ2n) is 7.08. The molecule has 2 aliphatic rings. The van der Waals surface area contributed by atoms with E-state index in [1.165, 1.54) is 44.5 Å². The molecule has 2 aromatic carbocycles. The van der Waals surface area contributed by atoms with Crippen molar-refractivity contribution in [3.8, 4) is 0 Å². The molecule has 0 saturated carbocycles. The fourth-order valence-corrected chi connectivity index (χ4v) is 4.67. The zero-order valence-electron chi connectivity index (χ0n) is 13.8. The Hall–Kier alpha value is -1.74. The van der Waals surface area contributed by atoms with Crippen LogP contribution in [0.15, 0.2) is 6.07 Å². The molecular weight excluding hydrogens is 276 g/mol. The molecule has 4 rings (SSSR count). The Morgan fingerprint density at radius 2 is 1.73 bits per heavy atom. The highest BCUT2D eigenvalue weighted by molar-refractivity contribution is 5.74. The lowest BCUT2D eigenvalue weighted by Gasteiger charge is -2.24. The summed E-state index contributed by atoms with van der Waals surface area (Å²) in [6.07, 6.45) is 0.647. The minimum absolute atomic E-state index is 0.131. The summed E-state index contributed by atoms with van der Waals surface area (Å²) in [7, 11) is 0. The molecule has 0 saturated heterocycles. The molecule has 0 radical (unpaired) electrons. The van der Waals surface area contributed by atoms with Crippen LogP contribution in [-0.2, 0) is 20.7 Å². The molecule has 2 atom stereocenters. The van der Waals surface area contributed by atoms with E-state index in [9.17, 15) is 4.79 Å². The lowest BCUT2D eigenvalue weighted by Crippen LogP contribution is -2.26. The average molecular weight is 297 g/mol. The first-order chi connectivity index (χ1) is 10.2. The third-order valence-electron chi connectivity index (χ3n) is 6.08. The molecule has 0 spiro atoms. The summed E-state index contributed by atoms with van der Waals surface area (Å²) >= 11 is 0. The van der Waals surface area contributed by atoms with E-state index >= 15 is 0 Å². The Labute approximate surface area is 130 Å². The molecule has 2 heterocycles. The van der Waals surface area contributed by atoms with Crippen LogP contribution in [0.2, 0.25) is 0 Å². The van der Waals surface area contributed by atoms with Crippen LogP contribution in [0.5, 0.6) is 0 Å². The van der Waals surface area contributed by atoms with Crippen LogP contribution in [-0.4, -0.2) is 11.1 Å². The van der Waals surface area contributed by atoms with Crippen LogP contribution in [0.25, 0.3) is 0 Å². The van der Waals surface area contributed by atoms with Crippen molar-refractivity contribution in [2.24, 2.45) is 0 Å². The fourth-order valence-electron chi connectivity index (χ4n) is 4.67. The van der Waals surface area contributed by atoms with E-state index < -0.39 is 11.6 Å². The number of fused-ring (bicyclic) bond motifs is 8. The van der Waals surface area contributed by atoms with Crippen LogP contribution in [0.3, 0.4) is 0 Å². The largest absolute Gasteiger partial charge is 0.481 e. The number of hydrogen-bond donors (Lipinski definition) is 1. The molecule has 2 bridgehead atoms. The molecule has 3 heteroatoms. The van der Waals surface area contributed by atoms with Crippen molar-refractivity contribution < 1.29 is 14.6 Å². The second-order valence-corrected chi connectivity index (χ2v) is 7.08. The minimum Gasteiger partial charge on any atom is -0.481 e. The van der Waals surface area contributed by atoms with Gasteiger partial charge < -0.3 is 9.84 Å². The van der Waals surface area contributed by atoms with Gasteiger partial charge in [0, 0.05) is 17.5 Å². The number of rotatable bonds is 3. The van der Waals surface area contributed by atoms with Gasteiger partial charge in [-0.25, -0.2) is 0 Å². The zero-order valence-corrected chi connectivity index (χ0v) is 13.8. The summed E-state index contributed by atoms with van der Waals surface area (Å²) < 4.78 is 6.53. The highest BCUT2D eigenvalue weighted by Gasteiger charge is 2.74. The van der Waals surface area contributed by atoms with Gasteiger partial charge in [-0.15, -0.1) is 0 Å². The minimum atomic E-state index is -0.763. The van der Waals surface area contributed by atoms with Crippen molar-refractivity contribution in [1.82, 2.24) is 0 Å². The smallest absolute Gasteiger partial charge is 0.303 e. The average Bonchev–Trinajstić information content (AvgIpc) is 3.18. The Kier molecular flexibility index (Phi) is 2.38. The quantitative estimate of drug-likeness (QED) is 0.877. The van der Waals surface area contributed by atoms with Crippen molar-refractivity contribution in [2.45, 2.75) is 58.7 Å². The predicted molar refractivity (Wildman–Crippen MR) is 83.8 cm³/mol. The normalized spacial score (nSPS) is 28.2. The SMILES string of the molecule is Cc1c(C)c(C)c2c(c1C)C1(C)OC2(CCC(=O)O)[c+]2cc21. The van der Waals surface area contributed by atoms with Crippen molar-refractivity contribution in [2.75, 3.05) is 0 Å². The molecule has 0 fully saturated rings. The number of ether oxygens (including phenoxy) is 1. The van der Waals surface area contributed by atoms with Gasteiger partial charge in [0.05, 0.1) is 6.42 Å². The number of carboxylic acid groups (broad SMARTS) is 1. The summed E-state index contributed by atoms with van der Waals surface area (Å²) in [6, 6.07) is 2.20. The van der Waals surface area contributed by atoms with Crippen LogP contribution in [0.1, 0.15) is 64.3 Å². The third kappa shape index (κ3) is 1.32. The maximum atomic E-state index is 11.1. The molecule has 0 aliphatic carbocycles. The zero-order chi connectivity index (χ0) is 16.0. The summed E-state index contributed by atoms with van der Waals surface area (Å²) in [5.74, 6) is -0.763. The topological polar surface area (TPSA) is 46.5 Å². The first-order valence-electron chi connectivity index (χ1n) is 7.87. The molecule has 2 unspecified atom stereocenters. The third-order valence-corrected chi connectivity index (χ3v) is 6.08. The molecule has 0 amide bonds. The monoisotopic (exact) mass is 297 g/mol. The van der Waals surface area contributed by atoms with Gasteiger partial charge in [-0.05, 0) is 56.9 Å². The van der Waals surface area contributed by atoms with E-state index in [-0.39, 0.29) is 12.0 Å². The van der Waals surface area contributed by atoms with Gasteiger partial charge >= 0.3 is 5.97 Å². The molecular formula is C19H21O3+. The fraction of sp³-hybridized carbons (Fsp3) is 0.474. The number of aliphatic carboxylic acids is 1. The van der Waals surface area contributed by atoms with Crippen LogP contribution < -0.4 is 0 Å². The van der Waals surface area contributed by atoms with E-state index in [0.29, 0.717) is 6.42 Å². The number of carbonyl (C=O) groups is 1. The maximum absolute atomic E-state index is 11.1. The molecule has 2 aromatic rings. The Morgan fingerprint density at radius 1 is 1.14 bits per heavy atom. The van der Waals surface area contributed by atoms with Gasteiger partial charge in [-0.3, -0.25) is 4.79 Å². The van der Waals surface area contributed by atoms with Crippen LogP contribution in [0.4, 0.5) is 0 Å². The van der Waals surface area contributed by atoms with Gasteiger partial charge in [-0.2, -0.15) is 0 Å². The standard InChI is InChI=1S/C19H20O3/c1-9-10(2)12(4)17-16(11(9)3)18(5)13-8-14(13)19(17,22-18)7-6-15(20)21/h8H,6-7H2,1-5H3/p+1. The first kappa shape index (κ1) is 13.9. The molecule has 114 valence electrons. The Morgan fingerprint density at radius 3 is 2.32 bits per heavy atom. The predicted octanol–water partition coefficient (Wildman–Crippen LogP) is 3.79. The molecule has 0 aromatic heterocycles. The van der Waals surface area contributed by atoms with Gasteiger partial charge in [0.1, 0.15) is 0 Å². The van der Waals surface area contributed by atoms with Gasteiger partial charge in [0.15, 0.2) is 17.3 Å². The summed E-state index contributed by atoms with van der Waals surface area (Å²) in [6.45, 7) is 10.8. The molecule has 1 N–H and O–H groups in total. The van der Waals surface area contributed by atoms with Gasteiger partial charge in [0.25, 0.3) is 0 Å². The van der Waals surface area contributed by atoms with E-state index in [1.54, 1.807) is 0 Å². The van der Waals surface area contributed by atoms with Crippen molar-refractivity contribution >= 4 is 5.97 Å². The maximum Gasteiger partial charge on any atom is 0.303 e. The van der Waals surface area contributed by atoms with Gasteiger partial charge in [-0.1, -0.05) is 0 Å². The van der Waals surface area contributed by atoms with E-state index in [1.807, 2.05) is 0 Å². The summed E-state index contributed by atoms with van der Waals surface area (Å²) in [4.78, 5) is 11.1. The van der Waals surface area contributed by atoms with Crippen molar-refractivity contribution in [3.63, 3.8) is 0 Å². The van der Waals surface area contributed by atoms with E-state index in [0.717, 1.165) is 0 Å². The molecule has 22 heavy (non-hydrogen) atoms. The van der Waals surface area contributed by atoms with Crippen molar-refractivity contribution in [1.29, 1.82) is 0 Å². The second kappa shape index (κ2) is 3.77. The Balaban J connectivity index is 2.00.